The molecule has 0 radical (unpaired) electrons. The fourth-order valence-electron chi connectivity index (χ4n) is 3.35. The van der Waals surface area contributed by atoms with Gasteiger partial charge in [-0.25, -0.2) is 0 Å². The molecule has 17 heavy (non-hydrogen) atoms. The Labute approximate surface area is 103 Å². The van der Waals surface area contributed by atoms with Crippen molar-refractivity contribution < 1.29 is 4.79 Å². The number of nitrogens with zero attached hydrogens (tertiary/aromatic N) is 1. The fraction of sp³-hybridized carbons (Fsp3) is 0.533. The predicted molar refractivity (Wildman–Crippen MR) is 68.4 cm³/mol. The van der Waals surface area contributed by atoms with Crippen LogP contribution in [0.4, 0.5) is 0 Å². The summed E-state index contributed by atoms with van der Waals surface area (Å²) in [6, 6.07) is 8.20. The summed E-state index contributed by atoms with van der Waals surface area (Å²) in [7, 11) is 2.18. The number of benzene rings is 1. The van der Waals surface area contributed by atoms with Gasteiger partial charge in [-0.15, -0.1) is 0 Å². The second-order valence-corrected chi connectivity index (χ2v) is 5.46. The zero-order valence-electron chi connectivity index (χ0n) is 10.4. The van der Waals surface area contributed by atoms with Gasteiger partial charge in [-0.1, -0.05) is 24.3 Å². The van der Waals surface area contributed by atoms with E-state index in [0.717, 1.165) is 12.0 Å². The number of hydrogen-bond acceptors (Lipinski definition) is 2. The average molecular weight is 229 g/mol. The van der Waals surface area contributed by atoms with Crippen LogP contribution in [0.1, 0.15) is 41.1 Å². The molecule has 1 aromatic rings. The Kier molecular flexibility index (Phi) is 2.75. The number of carbonyl (C=O) groups is 1. The molecule has 1 aliphatic heterocycles. The molecule has 0 N–H and O–H groups in total. The van der Waals surface area contributed by atoms with Crippen LogP contribution in [0.2, 0.25) is 0 Å². The Bertz CT molecular complexity index is 432. The van der Waals surface area contributed by atoms with Crippen LogP contribution in [0.15, 0.2) is 24.3 Å². The smallest absolute Gasteiger partial charge is 0.163 e. The SMILES string of the molecule is CN1CCC([C@@H]2CC(=O)c3ccccc32)CC1. The van der Waals surface area contributed by atoms with E-state index in [1.54, 1.807) is 0 Å². The summed E-state index contributed by atoms with van der Waals surface area (Å²) in [5.41, 5.74) is 2.29. The molecule has 2 heteroatoms. The minimum Gasteiger partial charge on any atom is -0.306 e. The number of likely N-dealkylation sites (tertiary alicyclic amines) is 1. The first-order valence-corrected chi connectivity index (χ1v) is 6.56. The molecule has 0 spiro atoms. The van der Waals surface area contributed by atoms with E-state index in [1.807, 2.05) is 12.1 Å². The maximum Gasteiger partial charge on any atom is 0.163 e. The molecule has 90 valence electrons. The van der Waals surface area contributed by atoms with E-state index in [0.29, 0.717) is 17.6 Å². The first-order chi connectivity index (χ1) is 8.25. The normalized spacial score (nSPS) is 26.2. The molecule has 1 fully saturated rings. The number of piperidine rings is 1. The van der Waals surface area contributed by atoms with Gasteiger partial charge in [0, 0.05) is 12.0 Å². The monoisotopic (exact) mass is 229 g/mol. The topological polar surface area (TPSA) is 20.3 Å². The number of carbonyl (C=O) groups excluding carboxylic acids is 1. The third kappa shape index (κ3) is 1.91. The molecule has 3 rings (SSSR count). The van der Waals surface area contributed by atoms with Crippen molar-refractivity contribution in [3.05, 3.63) is 35.4 Å². The summed E-state index contributed by atoms with van der Waals surface area (Å²) in [6.07, 6.45) is 3.22. The quantitative estimate of drug-likeness (QED) is 0.738. The molecule has 0 unspecified atom stereocenters. The molecule has 2 nitrogen and oxygen atoms in total. The van der Waals surface area contributed by atoms with Crippen molar-refractivity contribution in [1.82, 2.24) is 4.90 Å². The molecular formula is C15H19NO. The lowest BCUT2D eigenvalue weighted by Crippen LogP contribution is -2.32. The second kappa shape index (κ2) is 4.26. The summed E-state index contributed by atoms with van der Waals surface area (Å²) in [5, 5.41) is 0. The van der Waals surface area contributed by atoms with E-state index in [2.05, 4.69) is 24.1 Å². The van der Waals surface area contributed by atoms with Crippen LogP contribution in [-0.4, -0.2) is 30.8 Å². The lowest BCUT2D eigenvalue weighted by Gasteiger charge is -2.32. The Balaban J connectivity index is 1.84. The highest BCUT2D eigenvalue weighted by atomic mass is 16.1. The van der Waals surface area contributed by atoms with Crippen molar-refractivity contribution in [2.75, 3.05) is 20.1 Å². The van der Waals surface area contributed by atoms with Gasteiger partial charge < -0.3 is 4.90 Å². The molecule has 0 bridgehead atoms. The van der Waals surface area contributed by atoms with Crippen LogP contribution in [0.3, 0.4) is 0 Å². The predicted octanol–water partition coefficient (Wildman–Crippen LogP) is 2.70. The highest BCUT2D eigenvalue weighted by Crippen LogP contribution is 2.41. The molecule has 1 saturated heterocycles. The van der Waals surface area contributed by atoms with Crippen LogP contribution in [0.5, 0.6) is 0 Å². The Morgan fingerprint density at radius 3 is 2.65 bits per heavy atom. The molecule has 0 saturated carbocycles. The van der Waals surface area contributed by atoms with Gasteiger partial charge in [-0.3, -0.25) is 4.79 Å². The van der Waals surface area contributed by atoms with Gasteiger partial charge in [-0.2, -0.15) is 0 Å². The van der Waals surface area contributed by atoms with Crippen molar-refractivity contribution in [3.63, 3.8) is 0 Å². The second-order valence-electron chi connectivity index (χ2n) is 5.46. The third-order valence-electron chi connectivity index (χ3n) is 4.40. The van der Waals surface area contributed by atoms with E-state index in [-0.39, 0.29) is 0 Å². The lowest BCUT2D eigenvalue weighted by atomic mass is 9.81. The summed E-state index contributed by atoms with van der Waals surface area (Å²) in [6.45, 7) is 2.36. The van der Waals surface area contributed by atoms with Crippen LogP contribution in [0.25, 0.3) is 0 Å². The van der Waals surface area contributed by atoms with Gasteiger partial charge in [0.15, 0.2) is 5.78 Å². The molecule has 1 atom stereocenters. The Morgan fingerprint density at radius 1 is 1.18 bits per heavy atom. The lowest BCUT2D eigenvalue weighted by molar-refractivity contribution is 0.0974. The van der Waals surface area contributed by atoms with Crippen LogP contribution in [0, 0.1) is 5.92 Å². The third-order valence-corrected chi connectivity index (χ3v) is 4.40. The minimum atomic E-state index is 0.351. The Morgan fingerprint density at radius 2 is 1.88 bits per heavy atom. The van der Waals surface area contributed by atoms with Crippen LogP contribution < -0.4 is 0 Å². The first-order valence-electron chi connectivity index (χ1n) is 6.56. The molecule has 0 amide bonds. The van der Waals surface area contributed by atoms with Crippen molar-refractivity contribution in [1.29, 1.82) is 0 Å². The van der Waals surface area contributed by atoms with Crippen molar-refractivity contribution in [2.45, 2.75) is 25.2 Å². The average Bonchev–Trinajstić information content (AvgIpc) is 2.69. The summed E-state index contributed by atoms with van der Waals surface area (Å²) < 4.78 is 0. The van der Waals surface area contributed by atoms with Crippen LogP contribution >= 0.6 is 0 Å². The maximum absolute atomic E-state index is 12.0. The van der Waals surface area contributed by atoms with E-state index < -0.39 is 0 Å². The van der Waals surface area contributed by atoms with E-state index in [9.17, 15) is 4.79 Å². The van der Waals surface area contributed by atoms with E-state index in [1.165, 1.54) is 31.5 Å². The van der Waals surface area contributed by atoms with Gasteiger partial charge in [0.25, 0.3) is 0 Å². The Hall–Kier alpha value is -1.15. The summed E-state index contributed by atoms with van der Waals surface area (Å²) in [5.74, 6) is 1.55. The van der Waals surface area contributed by atoms with Gasteiger partial charge in [0.05, 0.1) is 0 Å². The molecular weight excluding hydrogens is 210 g/mol. The number of rotatable bonds is 1. The molecule has 1 heterocycles. The largest absolute Gasteiger partial charge is 0.306 e. The zero-order chi connectivity index (χ0) is 11.8. The molecule has 1 aliphatic carbocycles. The van der Waals surface area contributed by atoms with Gasteiger partial charge in [0.2, 0.25) is 0 Å². The maximum atomic E-state index is 12.0. The number of hydrogen-bond donors (Lipinski definition) is 0. The van der Waals surface area contributed by atoms with Crippen molar-refractivity contribution in [2.24, 2.45) is 5.92 Å². The molecule has 0 aromatic heterocycles. The highest BCUT2D eigenvalue weighted by molar-refractivity contribution is 6.01. The number of fused-ring (bicyclic) bond motifs is 1. The standard InChI is InChI=1S/C15H19NO/c1-16-8-6-11(7-9-16)14-10-15(17)13-5-3-2-4-12(13)14/h2-5,11,14H,6-10H2,1H3/t14-/m0/s1. The van der Waals surface area contributed by atoms with Crippen molar-refractivity contribution >= 4 is 5.78 Å². The summed E-state index contributed by atoms with van der Waals surface area (Å²) >= 11 is 0. The highest BCUT2D eigenvalue weighted by Gasteiger charge is 2.35. The van der Waals surface area contributed by atoms with Gasteiger partial charge in [-0.05, 0) is 50.4 Å². The number of Topliss-reactive ketones (excluding diaryl/α,β-unsaturated/α-hetero) is 1. The first kappa shape index (κ1) is 11.0. The molecule has 1 aromatic carbocycles. The van der Waals surface area contributed by atoms with Crippen LogP contribution in [-0.2, 0) is 0 Å². The van der Waals surface area contributed by atoms with E-state index in [4.69, 9.17) is 0 Å². The van der Waals surface area contributed by atoms with E-state index >= 15 is 0 Å². The summed E-state index contributed by atoms with van der Waals surface area (Å²) in [4.78, 5) is 14.4. The van der Waals surface area contributed by atoms with Gasteiger partial charge >= 0.3 is 0 Å². The van der Waals surface area contributed by atoms with Gasteiger partial charge in [0.1, 0.15) is 0 Å². The fourth-order valence-corrected chi connectivity index (χ4v) is 3.35. The van der Waals surface area contributed by atoms with Crippen molar-refractivity contribution in [3.8, 4) is 0 Å². The minimum absolute atomic E-state index is 0.351. The zero-order valence-corrected chi connectivity index (χ0v) is 10.4. The number of ketones is 1. The molecule has 2 aliphatic rings.